The molecule has 7 nitrogen and oxygen atoms in total. The van der Waals surface area contributed by atoms with Gasteiger partial charge in [0.15, 0.2) is 5.82 Å². The maximum Gasteiger partial charge on any atom is 0.318 e. The molecule has 0 fully saturated rings. The van der Waals surface area contributed by atoms with E-state index in [0.717, 1.165) is 0 Å². The minimum atomic E-state index is -3.43. The quantitative estimate of drug-likeness (QED) is 0.722. The molecule has 9 heteroatoms. The molecule has 0 aromatic carbocycles. The summed E-state index contributed by atoms with van der Waals surface area (Å²) in [6, 6.07) is 0.184. The zero-order chi connectivity index (χ0) is 12.9. The Bertz CT molecular complexity index is 480. The lowest BCUT2D eigenvalue weighted by Crippen LogP contribution is -2.19. The number of ether oxygens (including phenoxy) is 1. The highest BCUT2D eigenvalue weighted by atomic mass is 35.5. The Kier molecular flexibility index (Phi) is 4.91. The summed E-state index contributed by atoms with van der Waals surface area (Å²) >= 11 is 5.84. The van der Waals surface area contributed by atoms with Gasteiger partial charge in [0, 0.05) is 6.54 Å². The highest BCUT2D eigenvalue weighted by Crippen LogP contribution is 2.19. The van der Waals surface area contributed by atoms with Crippen LogP contribution in [0.3, 0.4) is 0 Å². The van der Waals surface area contributed by atoms with E-state index in [-0.39, 0.29) is 11.8 Å². The molecule has 0 bridgehead atoms. The number of nitrogens with zero attached hydrogens (tertiary/aromatic N) is 2. The Morgan fingerprint density at radius 3 is 2.88 bits per heavy atom. The van der Waals surface area contributed by atoms with Crippen LogP contribution >= 0.6 is 11.6 Å². The van der Waals surface area contributed by atoms with E-state index >= 15 is 0 Å². The van der Waals surface area contributed by atoms with Crippen LogP contribution in [0.2, 0.25) is 5.02 Å². The third kappa shape index (κ3) is 5.16. The summed E-state index contributed by atoms with van der Waals surface area (Å²) < 4.78 is 26.2. The molecule has 1 aromatic rings. The Morgan fingerprint density at radius 2 is 2.29 bits per heavy atom. The SMILES string of the molecule is COc1ncc(Cl)c(NCCCS(N)(=O)=O)n1. The minimum Gasteiger partial charge on any atom is -0.467 e. The van der Waals surface area contributed by atoms with Crippen molar-refractivity contribution >= 4 is 27.4 Å². The van der Waals surface area contributed by atoms with Gasteiger partial charge in [-0.3, -0.25) is 0 Å². The molecule has 0 atom stereocenters. The van der Waals surface area contributed by atoms with Gasteiger partial charge < -0.3 is 10.1 Å². The normalized spacial score (nSPS) is 11.2. The highest BCUT2D eigenvalue weighted by Gasteiger charge is 2.06. The molecule has 0 saturated carbocycles. The van der Waals surface area contributed by atoms with Gasteiger partial charge in [0.1, 0.15) is 5.02 Å². The van der Waals surface area contributed by atoms with Gasteiger partial charge in [0.05, 0.1) is 19.1 Å². The van der Waals surface area contributed by atoms with E-state index in [1.807, 2.05) is 0 Å². The van der Waals surface area contributed by atoms with Crippen molar-refractivity contribution in [1.82, 2.24) is 9.97 Å². The van der Waals surface area contributed by atoms with Crippen LogP contribution in [-0.4, -0.2) is 37.8 Å². The van der Waals surface area contributed by atoms with Crippen LogP contribution in [0.25, 0.3) is 0 Å². The van der Waals surface area contributed by atoms with Crippen LogP contribution in [0.15, 0.2) is 6.20 Å². The first-order chi connectivity index (χ1) is 7.92. The van der Waals surface area contributed by atoms with E-state index in [1.54, 1.807) is 0 Å². The van der Waals surface area contributed by atoms with Gasteiger partial charge in [0.2, 0.25) is 10.0 Å². The number of rotatable bonds is 6. The molecule has 0 aliphatic heterocycles. The maximum atomic E-state index is 10.7. The Balaban J connectivity index is 2.51. The number of primary sulfonamides is 1. The van der Waals surface area contributed by atoms with Crippen LogP contribution < -0.4 is 15.2 Å². The zero-order valence-corrected chi connectivity index (χ0v) is 10.8. The predicted molar refractivity (Wildman–Crippen MR) is 64.7 cm³/mol. The van der Waals surface area contributed by atoms with Crippen molar-refractivity contribution in [3.8, 4) is 6.01 Å². The number of aromatic nitrogens is 2. The van der Waals surface area contributed by atoms with Gasteiger partial charge in [-0.15, -0.1) is 0 Å². The molecule has 0 amide bonds. The number of sulfonamides is 1. The monoisotopic (exact) mass is 280 g/mol. The van der Waals surface area contributed by atoms with Gasteiger partial charge in [-0.05, 0) is 6.42 Å². The summed E-state index contributed by atoms with van der Waals surface area (Å²) in [6.45, 7) is 0.385. The number of nitrogens with one attached hydrogen (secondary N) is 1. The molecular weight excluding hydrogens is 268 g/mol. The number of methoxy groups -OCH3 is 1. The van der Waals surface area contributed by atoms with E-state index in [4.69, 9.17) is 21.5 Å². The van der Waals surface area contributed by atoms with Crippen LogP contribution in [0.4, 0.5) is 5.82 Å². The second-order valence-electron chi connectivity index (χ2n) is 3.20. The van der Waals surface area contributed by atoms with E-state index in [1.165, 1.54) is 13.3 Å². The molecular formula is C8H13ClN4O3S. The van der Waals surface area contributed by atoms with E-state index in [9.17, 15) is 8.42 Å². The Hall–Kier alpha value is -1.12. The van der Waals surface area contributed by atoms with Crippen LogP contribution in [-0.2, 0) is 10.0 Å². The third-order valence-electron chi connectivity index (χ3n) is 1.80. The van der Waals surface area contributed by atoms with Crippen molar-refractivity contribution in [3.63, 3.8) is 0 Å². The van der Waals surface area contributed by atoms with Crippen molar-refractivity contribution in [2.45, 2.75) is 6.42 Å². The van der Waals surface area contributed by atoms with Crippen LogP contribution in [0.5, 0.6) is 6.01 Å². The molecule has 1 heterocycles. The zero-order valence-electron chi connectivity index (χ0n) is 9.18. The number of hydrogen-bond donors (Lipinski definition) is 2. The fourth-order valence-electron chi connectivity index (χ4n) is 1.05. The molecule has 0 aliphatic carbocycles. The van der Waals surface area contributed by atoms with Gasteiger partial charge in [-0.25, -0.2) is 18.5 Å². The first kappa shape index (κ1) is 13.9. The van der Waals surface area contributed by atoms with E-state index < -0.39 is 10.0 Å². The molecule has 0 aliphatic rings. The lowest BCUT2D eigenvalue weighted by molar-refractivity contribution is 0.380. The fourth-order valence-corrected chi connectivity index (χ4v) is 1.76. The lowest BCUT2D eigenvalue weighted by atomic mass is 10.4. The third-order valence-corrected chi connectivity index (χ3v) is 2.94. The van der Waals surface area contributed by atoms with Crippen LogP contribution in [0, 0.1) is 0 Å². The molecule has 17 heavy (non-hydrogen) atoms. The largest absolute Gasteiger partial charge is 0.467 e. The fraction of sp³-hybridized carbons (Fsp3) is 0.500. The molecule has 0 unspecified atom stereocenters. The molecule has 0 saturated heterocycles. The van der Waals surface area contributed by atoms with E-state index in [2.05, 4.69) is 15.3 Å². The van der Waals surface area contributed by atoms with Crippen molar-refractivity contribution in [2.24, 2.45) is 5.14 Å². The number of nitrogens with two attached hydrogens (primary N) is 1. The molecule has 3 N–H and O–H groups in total. The van der Waals surface area contributed by atoms with Gasteiger partial charge in [-0.1, -0.05) is 11.6 Å². The molecule has 1 aromatic heterocycles. The highest BCUT2D eigenvalue weighted by molar-refractivity contribution is 7.89. The van der Waals surface area contributed by atoms with Crippen LogP contribution in [0.1, 0.15) is 6.42 Å². The smallest absolute Gasteiger partial charge is 0.318 e. The molecule has 0 spiro atoms. The van der Waals surface area contributed by atoms with Crippen molar-refractivity contribution < 1.29 is 13.2 Å². The van der Waals surface area contributed by atoms with Gasteiger partial charge in [-0.2, -0.15) is 4.98 Å². The Morgan fingerprint density at radius 1 is 1.59 bits per heavy atom. The average molecular weight is 281 g/mol. The molecule has 96 valence electrons. The number of anilines is 1. The van der Waals surface area contributed by atoms with Crippen molar-refractivity contribution in [1.29, 1.82) is 0 Å². The standard InChI is InChI=1S/C8H13ClN4O3S/c1-16-8-12-5-6(9)7(13-8)11-3-2-4-17(10,14)15/h5H,2-4H2,1H3,(H2,10,14,15)(H,11,12,13). The van der Waals surface area contributed by atoms with Gasteiger partial charge >= 0.3 is 6.01 Å². The van der Waals surface area contributed by atoms with Crippen molar-refractivity contribution in [3.05, 3.63) is 11.2 Å². The Labute approximate surface area is 104 Å². The second kappa shape index (κ2) is 5.99. The maximum absolute atomic E-state index is 10.7. The predicted octanol–water partition coefficient (Wildman–Crippen LogP) is 0.229. The summed E-state index contributed by atoms with van der Waals surface area (Å²) in [6.07, 6.45) is 1.76. The van der Waals surface area contributed by atoms with Crippen molar-refractivity contribution in [2.75, 3.05) is 24.7 Å². The first-order valence-corrected chi connectivity index (χ1v) is 6.82. The topological polar surface area (TPSA) is 107 Å². The minimum absolute atomic E-state index is 0.0974. The molecule has 0 radical (unpaired) electrons. The summed E-state index contributed by atoms with van der Waals surface area (Å²) in [4.78, 5) is 7.77. The number of hydrogen-bond acceptors (Lipinski definition) is 6. The summed E-state index contributed by atoms with van der Waals surface area (Å²) in [7, 11) is -1.99. The van der Waals surface area contributed by atoms with Gasteiger partial charge in [0.25, 0.3) is 0 Å². The summed E-state index contributed by atoms with van der Waals surface area (Å²) in [5, 5.41) is 8.08. The summed E-state index contributed by atoms with van der Waals surface area (Å²) in [5.41, 5.74) is 0. The second-order valence-corrected chi connectivity index (χ2v) is 5.34. The first-order valence-electron chi connectivity index (χ1n) is 4.73. The number of halogens is 1. The molecule has 1 rings (SSSR count). The van der Waals surface area contributed by atoms with E-state index in [0.29, 0.717) is 23.8 Å². The summed E-state index contributed by atoms with van der Waals surface area (Å²) in [5.74, 6) is 0.299. The lowest BCUT2D eigenvalue weighted by Gasteiger charge is -2.07. The average Bonchev–Trinajstić information content (AvgIpc) is 2.25.